The number of carbonyl (C=O) groups excluding carboxylic acids is 1. The van der Waals surface area contributed by atoms with Crippen LogP contribution in [0.5, 0.6) is 23.0 Å². The fourth-order valence-corrected chi connectivity index (χ4v) is 5.29. The maximum Gasteiger partial charge on any atom is 0.229 e. The minimum atomic E-state index is -1.59. The molecule has 0 saturated carbocycles. The van der Waals surface area contributed by atoms with Crippen molar-refractivity contribution in [1.82, 2.24) is 0 Å². The molecular formula is C27H32O13. The van der Waals surface area contributed by atoms with Gasteiger partial charge >= 0.3 is 0 Å². The van der Waals surface area contributed by atoms with Crippen molar-refractivity contribution in [2.45, 2.75) is 81.0 Å². The largest absolute Gasteiger partial charge is 0.507 e. The number of benzene rings is 2. The van der Waals surface area contributed by atoms with Crippen LogP contribution in [0.4, 0.5) is 0 Å². The van der Waals surface area contributed by atoms with Crippen molar-refractivity contribution >= 4 is 5.78 Å². The first-order valence-electron chi connectivity index (χ1n) is 12.9. The van der Waals surface area contributed by atoms with Crippen LogP contribution < -0.4 is 9.47 Å². The van der Waals surface area contributed by atoms with Crippen molar-refractivity contribution in [3.63, 3.8) is 0 Å². The van der Waals surface area contributed by atoms with Crippen molar-refractivity contribution in [3.05, 3.63) is 47.0 Å². The Labute approximate surface area is 228 Å². The number of ether oxygens (including phenoxy) is 4. The third kappa shape index (κ3) is 5.10. The Balaban J connectivity index is 1.32. The predicted octanol–water partition coefficient (Wildman–Crippen LogP) is -0.445. The highest BCUT2D eigenvalue weighted by Gasteiger charge is 2.45. The van der Waals surface area contributed by atoms with Gasteiger partial charge in [0.05, 0.1) is 36.9 Å². The monoisotopic (exact) mass is 564 g/mol. The maximum absolute atomic E-state index is 13.1. The maximum atomic E-state index is 13.1. The summed E-state index contributed by atoms with van der Waals surface area (Å²) >= 11 is 0. The van der Waals surface area contributed by atoms with E-state index in [1.54, 1.807) is 19.1 Å². The molecule has 13 heteroatoms. The minimum absolute atomic E-state index is 0.0360. The average molecular weight is 565 g/mol. The molecular weight excluding hydrogens is 532 g/mol. The minimum Gasteiger partial charge on any atom is -0.507 e. The number of carbonyl (C=O) groups is 1. The lowest BCUT2D eigenvalue weighted by Gasteiger charge is -2.39. The van der Waals surface area contributed by atoms with Crippen LogP contribution in [0.3, 0.4) is 0 Å². The molecule has 2 fully saturated rings. The van der Waals surface area contributed by atoms with Crippen molar-refractivity contribution < 1.29 is 64.6 Å². The van der Waals surface area contributed by atoms with Gasteiger partial charge in [-0.25, -0.2) is 0 Å². The summed E-state index contributed by atoms with van der Waals surface area (Å²) in [6.07, 6.45) is -12.2. The van der Waals surface area contributed by atoms with Crippen LogP contribution in [-0.4, -0.2) is 102 Å². The standard InChI is InChI=1S/C27H32O13/c1-10-22(32)15(31)8-17(37-10)20-14(30)7-18-21(24(20)34)13(29)6-16(39-18)11-2-4-12(5-3-11)38-27-26(36)25(35)23(33)19(9-28)40-27/h2-5,7,10,15-17,19,22-23,25-28,30-36H,6,8-9H2,1H3/t10-,15-,16?,17-,19-,22-,23-,25+,26-,27-/m1/s1. The molecule has 0 aromatic heterocycles. The zero-order valence-corrected chi connectivity index (χ0v) is 21.4. The molecule has 5 rings (SSSR count). The Hall–Kier alpha value is -3.01. The second-order valence-corrected chi connectivity index (χ2v) is 10.3. The SMILES string of the molecule is C[C@H]1O[C@@H](c2c(O)cc3c(c2O)C(=O)CC(c2ccc(O[C@@H]4O[C@H](CO)[C@@H](O)[C@H](O)[C@H]4O)cc2)O3)C[C@@H](O)[C@@H]1O. The van der Waals surface area contributed by atoms with Gasteiger partial charge in [0.1, 0.15) is 65.2 Å². The van der Waals surface area contributed by atoms with E-state index in [1.807, 2.05) is 0 Å². The molecule has 2 aromatic rings. The van der Waals surface area contributed by atoms with Crippen LogP contribution in [0.15, 0.2) is 30.3 Å². The number of phenols is 2. The summed E-state index contributed by atoms with van der Waals surface area (Å²) < 4.78 is 22.6. The van der Waals surface area contributed by atoms with Gasteiger partial charge in [0.25, 0.3) is 0 Å². The van der Waals surface area contributed by atoms with E-state index >= 15 is 0 Å². The Bertz CT molecular complexity index is 1220. The van der Waals surface area contributed by atoms with E-state index in [0.29, 0.717) is 5.56 Å². The molecule has 0 aliphatic carbocycles. The topological polar surface area (TPSA) is 216 Å². The molecule has 0 spiro atoms. The quantitative estimate of drug-likeness (QED) is 0.231. The van der Waals surface area contributed by atoms with Gasteiger partial charge in [0.2, 0.25) is 6.29 Å². The lowest BCUT2D eigenvalue weighted by atomic mass is 9.89. The van der Waals surface area contributed by atoms with Crippen LogP contribution in [0.25, 0.3) is 0 Å². The number of rotatable bonds is 5. The van der Waals surface area contributed by atoms with Gasteiger partial charge in [0, 0.05) is 12.5 Å². The first-order valence-corrected chi connectivity index (χ1v) is 12.9. The van der Waals surface area contributed by atoms with Gasteiger partial charge in [-0.1, -0.05) is 12.1 Å². The van der Waals surface area contributed by atoms with Gasteiger partial charge in [-0.2, -0.15) is 0 Å². The molecule has 13 nitrogen and oxygen atoms in total. The average Bonchev–Trinajstić information content (AvgIpc) is 2.91. The summed E-state index contributed by atoms with van der Waals surface area (Å²) in [6, 6.07) is 7.43. The highest BCUT2D eigenvalue weighted by Crippen LogP contribution is 2.49. The molecule has 2 saturated heterocycles. The number of aliphatic hydroxyl groups excluding tert-OH is 6. The molecule has 1 unspecified atom stereocenters. The molecule has 0 bridgehead atoms. The van der Waals surface area contributed by atoms with Crippen LogP contribution in [0, 0.1) is 0 Å². The molecule has 218 valence electrons. The predicted molar refractivity (Wildman–Crippen MR) is 133 cm³/mol. The fourth-order valence-electron chi connectivity index (χ4n) is 5.29. The number of phenolic OH excluding ortho intramolecular Hbond substituents is 2. The van der Waals surface area contributed by atoms with E-state index in [2.05, 4.69) is 0 Å². The van der Waals surface area contributed by atoms with E-state index in [-0.39, 0.29) is 35.5 Å². The van der Waals surface area contributed by atoms with Gasteiger partial charge in [0.15, 0.2) is 5.78 Å². The van der Waals surface area contributed by atoms with Crippen molar-refractivity contribution in [3.8, 4) is 23.0 Å². The first kappa shape index (κ1) is 28.5. The second-order valence-electron chi connectivity index (χ2n) is 10.3. The highest BCUT2D eigenvalue weighted by atomic mass is 16.7. The van der Waals surface area contributed by atoms with Gasteiger partial charge in [-0.3, -0.25) is 4.79 Å². The van der Waals surface area contributed by atoms with E-state index in [1.165, 1.54) is 18.2 Å². The van der Waals surface area contributed by atoms with Gasteiger partial charge in [-0.05, 0) is 24.6 Å². The first-order chi connectivity index (χ1) is 19.0. The molecule has 0 radical (unpaired) electrons. The number of hydrogen-bond acceptors (Lipinski definition) is 13. The van der Waals surface area contributed by atoms with Crippen LogP contribution >= 0.6 is 0 Å². The van der Waals surface area contributed by atoms with Crippen LogP contribution in [0.2, 0.25) is 0 Å². The third-order valence-electron chi connectivity index (χ3n) is 7.59. The zero-order chi connectivity index (χ0) is 28.9. The summed E-state index contributed by atoms with van der Waals surface area (Å²) in [5.74, 6) is -1.16. The van der Waals surface area contributed by atoms with Gasteiger partial charge < -0.3 is 59.8 Å². The third-order valence-corrected chi connectivity index (χ3v) is 7.59. The zero-order valence-electron chi connectivity index (χ0n) is 21.4. The lowest BCUT2D eigenvalue weighted by Crippen LogP contribution is -2.60. The van der Waals surface area contributed by atoms with Crippen molar-refractivity contribution in [2.75, 3.05) is 6.61 Å². The van der Waals surface area contributed by atoms with E-state index in [9.17, 15) is 45.6 Å². The smallest absolute Gasteiger partial charge is 0.229 e. The molecule has 2 aromatic carbocycles. The van der Waals surface area contributed by atoms with E-state index in [4.69, 9.17) is 18.9 Å². The summed E-state index contributed by atoms with van der Waals surface area (Å²) in [7, 11) is 0. The number of aromatic hydroxyl groups is 2. The van der Waals surface area contributed by atoms with Crippen molar-refractivity contribution in [1.29, 1.82) is 0 Å². The lowest BCUT2D eigenvalue weighted by molar-refractivity contribution is -0.277. The Morgan fingerprint density at radius 1 is 0.925 bits per heavy atom. The Morgan fingerprint density at radius 2 is 1.62 bits per heavy atom. The molecule has 10 atom stereocenters. The van der Waals surface area contributed by atoms with Crippen LogP contribution in [0.1, 0.15) is 53.5 Å². The molecule has 40 heavy (non-hydrogen) atoms. The molecule has 3 aliphatic rings. The number of Topliss-reactive ketones (excluding diaryl/α,β-unsaturated/α-hetero) is 1. The Morgan fingerprint density at radius 3 is 2.27 bits per heavy atom. The van der Waals surface area contributed by atoms with Crippen molar-refractivity contribution in [2.24, 2.45) is 0 Å². The highest BCUT2D eigenvalue weighted by molar-refractivity contribution is 6.03. The summed E-state index contributed by atoms with van der Waals surface area (Å²) in [4.78, 5) is 13.1. The molecule has 0 amide bonds. The molecule has 3 aliphatic heterocycles. The molecule has 8 N–H and O–H groups in total. The molecule has 3 heterocycles. The summed E-state index contributed by atoms with van der Waals surface area (Å²) in [6.45, 7) is 0.953. The number of fused-ring (bicyclic) bond motifs is 1. The normalized spacial score (nSPS) is 36.0. The number of aliphatic hydroxyl groups is 6. The van der Waals surface area contributed by atoms with E-state index in [0.717, 1.165) is 0 Å². The summed E-state index contributed by atoms with van der Waals surface area (Å²) in [5.41, 5.74) is 0.370. The Kier molecular flexibility index (Phi) is 7.92. The number of hydrogen-bond donors (Lipinski definition) is 8. The summed E-state index contributed by atoms with van der Waals surface area (Å²) in [5, 5.41) is 81.1. The fraction of sp³-hybridized carbons (Fsp3) is 0.519. The second kappa shape index (κ2) is 11.1. The number of ketones is 1. The van der Waals surface area contributed by atoms with Gasteiger partial charge in [-0.15, -0.1) is 0 Å². The van der Waals surface area contributed by atoms with E-state index < -0.39 is 85.1 Å². The van der Waals surface area contributed by atoms with Crippen LogP contribution in [-0.2, 0) is 9.47 Å².